The van der Waals surface area contributed by atoms with Gasteiger partial charge in [-0.2, -0.15) is 0 Å². The first kappa shape index (κ1) is 15.2. The van der Waals surface area contributed by atoms with E-state index in [1.54, 1.807) is 0 Å². The fourth-order valence-electron chi connectivity index (χ4n) is 1.74. The molecule has 0 aliphatic carbocycles. The Morgan fingerprint density at radius 2 is 2.11 bits per heavy atom. The highest BCUT2D eigenvalue weighted by atomic mass is 16.3. The van der Waals surface area contributed by atoms with Gasteiger partial charge in [-0.15, -0.1) is 0 Å². The van der Waals surface area contributed by atoms with Gasteiger partial charge < -0.3 is 15.4 Å². The SMILES string of the molecule is CCC(C)(CCO)NC(=O)Cc1cc(=O)[nH]c(=O)[nH]1. The number of amides is 1. The normalized spacial score (nSPS) is 13.8. The lowest BCUT2D eigenvalue weighted by molar-refractivity contribution is -0.122. The summed E-state index contributed by atoms with van der Waals surface area (Å²) in [4.78, 5) is 38.4. The quantitative estimate of drug-likeness (QED) is 0.545. The molecule has 0 spiro atoms. The number of aromatic amines is 2. The lowest BCUT2D eigenvalue weighted by atomic mass is 9.94. The fourth-order valence-corrected chi connectivity index (χ4v) is 1.74. The van der Waals surface area contributed by atoms with Crippen LogP contribution in [0.2, 0.25) is 0 Å². The van der Waals surface area contributed by atoms with E-state index in [2.05, 4.69) is 10.3 Å². The third kappa shape index (κ3) is 4.70. The van der Waals surface area contributed by atoms with Crippen LogP contribution in [0.1, 0.15) is 32.4 Å². The Balaban J connectivity index is 2.74. The van der Waals surface area contributed by atoms with Crippen LogP contribution in [0.3, 0.4) is 0 Å². The summed E-state index contributed by atoms with van der Waals surface area (Å²) in [6.07, 6.45) is 1.03. The van der Waals surface area contributed by atoms with E-state index in [-0.39, 0.29) is 24.6 Å². The fraction of sp³-hybridized carbons (Fsp3) is 0.583. The van der Waals surface area contributed by atoms with E-state index in [9.17, 15) is 14.4 Å². The molecule has 0 aliphatic rings. The molecule has 0 aromatic carbocycles. The van der Waals surface area contributed by atoms with Gasteiger partial charge in [-0.25, -0.2) is 4.79 Å². The lowest BCUT2D eigenvalue weighted by Crippen LogP contribution is -2.47. The number of hydrogen-bond donors (Lipinski definition) is 4. The van der Waals surface area contributed by atoms with Gasteiger partial charge in [0.05, 0.1) is 6.42 Å². The third-order valence-corrected chi connectivity index (χ3v) is 3.05. The molecule has 0 aliphatic heterocycles. The van der Waals surface area contributed by atoms with Crippen molar-refractivity contribution in [2.75, 3.05) is 6.61 Å². The summed E-state index contributed by atoms with van der Waals surface area (Å²) in [6.45, 7) is 3.72. The molecule has 106 valence electrons. The molecule has 1 rings (SSSR count). The Morgan fingerprint density at radius 3 is 2.63 bits per heavy atom. The number of carbonyl (C=O) groups excluding carboxylic acids is 1. The molecule has 0 saturated carbocycles. The van der Waals surface area contributed by atoms with E-state index in [1.807, 2.05) is 18.8 Å². The van der Waals surface area contributed by atoms with Crippen LogP contribution in [0.4, 0.5) is 0 Å². The Morgan fingerprint density at radius 1 is 1.42 bits per heavy atom. The van der Waals surface area contributed by atoms with Crippen LogP contribution in [0, 0.1) is 0 Å². The minimum absolute atomic E-state index is 0.0214. The van der Waals surface area contributed by atoms with Gasteiger partial charge >= 0.3 is 5.69 Å². The first-order chi connectivity index (χ1) is 8.88. The second kappa shape index (κ2) is 6.33. The molecule has 1 heterocycles. The molecule has 1 aromatic rings. The molecule has 1 aromatic heterocycles. The standard InChI is InChI=1S/C12H19N3O4/c1-3-12(2,4-5-16)15-10(18)7-8-6-9(17)14-11(19)13-8/h6,16H,3-5,7H2,1-2H3,(H,15,18)(H2,13,14,17,19). The summed E-state index contributed by atoms with van der Waals surface area (Å²) >= 11 is 0. The zero-order chi connectivity index (χ0) is 14.5. The number of H-pyrrole nitrogens is 2. The molecule has 0 radical (unpaired) electrons. The number of carbonyl (C=O) groups is 1. The summed E-state index contributed by atoms with van der Waals surface area (Å²) in [6, 6.07) is 1.18. The summed E-state index contributed by atoms with van der Waals surface area (Å²) in [5.74, 6) is -0.306. The molecule has 7 heteroatoms. The number of rotatable bonds is 6. The molecule has 0 fully saturated rings. The van der Waals surface area contributed by atoms with Gasteiger partial charge in [0.1, 0.15) is 0 Å². The van der Waals surface area contributed by atoms with Crippen molar-refractivity contribution < 1.29 is 9.90 Å². The zero-order valence-corrected chi connectivity index (χ0v) is 11.1. The summed E-state index contributed by atoms with van der Waals surface area (Å²) in [5.41, 5.74) is -1.41. The van der Waals surface area contributed by atoms with Gasteiger partial charge in [0.2, 0.25) is 5.91 Å². The Hall–Kier alpha value is -1.89. The molecular weight excluding hydrogens is 250 g/mol. The molecule has 0 saturated heterocycles. The van der Waals surface area contributed by atoms with Gasteiger partial charge in [-0.1, -0.05) is 6.92 Å². The molecule has 0 bridgehead atoms. The average Bonchev–Trinajstić information content (AvgIpc) is 2.27. The summed E-state index contributed by atoms with van der Waals surface area (Å²) in [7, 11) is 0. The summed E-state index contributed by atoms with van der Waals surface area (Å²) < 4.78 is 0. The van der Waals surface area contributed by atoms with Crippen molar-refractivity contribution in [3.63, 3.8) is 0 Å². The molecule has 1 amide bonds. The average molecular weight is 269 g/mol. The van der Waals surface area contributed by atoms with Crippen LogP contribution in [0.15, 0.2) is 15.7 Å². The van der Waals surface area contributed by atoms with Gasteiger partial charge in [0.15, 0.2) is 0 Å². The van der Waals surface area contributed by atoms with E-state index >= 15 is 0 Å². The number of aliphatic hydroxyl groups is 1. The van der Waals surface area contributed by atoms with Crippen molar-refractivity contribution >= 4 is 5.91 Å². The van der Waals surface area contributed by atoms with Gasteiger partial charge in [-0.3, -0.25) is 14.6 Å². The molecule has 7 nitrogen and oxygen atoms in total. The number of nitrogens with one attached hydrogen (secondary N) is 3. The monoisotopic (exact) mass is 269 g/mol. The minimum atomic E-state index is -0.635. The van der Waals surface area contributed by atoms with Crippen LogP contribution < -0.4 is 16.6 Å². The topological polar surface area (TPSA) is 115 Å². The number of hydrogen-bond acceptors (Lipinski definition) is 4. The van der Waals surface area contributed by atoms with Crippen LogP contribution in [-0.2, 0) is 11.2 Å². The van der Waals surface area contributed by atoms with E-state index in [0.717, 1.165) is 0 Å². The predicted molar refractivity (Wildman–Crippen MR) is 69.9 cm³/mol. The summed E-state index contributed by atoms with van der Waals surface area (Å²) in [5, 5.41) is 11.8. The second-order valence-corrected chi connectivity index (χ2v) is 4.73. The van der Waals surface area contributed by atoms with Crippen LogP contribution >= 0.6 is 0 Å². The van der Waals surface area contributed by atoms with Crippen molar-refractivity contribution in [1.82, 2.24) is 15.3 Å². The highest BCUT2D eigenvalue weighted by Crippen LogP contribution is 2.13. The maximum absolute atomic E-state index is 11.9. The van der Waals surface area contributed by atoms with Crippen molar-refractivity contribution in [1.29, 1.82) is 0 Å². The van der Waals surface area contributed by atoms with E-state index in [1.165, 1.54) is 6.07 Å². The largest absolute Gasteiger partial charge is 0.396 e. The van der Waals surface area contributed by atoms with Crippen molar-refractivity contribution in [3.8, 4) is 0 Å². The van der Waals surface area contributed by atoms with E-state index < -0.39 is 16.8 Å². The van der Waals surface area contributed by atoms with Gasteiger partial charge in [0, 0.05) is 23.9 Å². The maximum Gasteiger partial charge on any atom is 0.325 e. The van der Waals surface area contributed by atoms with Gasteiger partial charge in [-0.05, 0) is 19.8 Å². The van der Waals surface area contributed by atoms with Crippen LogP contribution in [0.5, 0.6) is 0 Å². The smallest absolute Gasteiger partial charge is 0.325 e. The first-order valence-corrected chi connectivity index (χ1v) is 6.13. The Labute approximate surface area is 110 Å². The minimum Gasteiger partial charge on any atom is -0.396 e. The van der Waals surface area contributed by atoms with Gasteiger partial charge in [0.25, 0.3) is 5.56 Å². The Kier molecular flexibility index (Phi) is 5.05. The lowest BCUT2D eigenvalue weighted by Gasteiger charge is -2.29. The number of aliphatic hydroxyl groups excluding tert-OH is 1. The number of aromatic nitrogens is 2. The molecule has 4 N–H and O–H groups in total. The molecule has 1 unspecified atom stereocenters. The van der Waals surface area contributed by atoms with Crippen molar-refractivity contribution in [3.05, 3.63) is 32.6 Å². The molecule has 1 atom stereocenters. The highest BCUT2D eigenvalue weighted by molar-refractivity contribution is 5.78. The Bertz CT molecular complexity index is 520. The van der Waals surface area contributed by atoms with E-state index in [4.69, 9.17) is 5.11 Å². The van der Waals surface area contributed by atoms with Crippen molar-refractivity contribution in [2.24, 2.45) is 0 Å². The van der Waals surface area contributed by atoms with E-state index in [0.29, 0.717) is 12.8 Å². The predicted octanol–water partition coefficient (Wildman–Crippen LogP) is -0.727. The zero-order valence-electron chi connectivity index (χ0n) is 11.1. The van der Waals surface area contributed by atoms with Crippen molar-refractivity contribution in [2.45, 2.75) is 38.6 Å². The first-order valence-electron chi connectivity index (χ1n) is 6.13. The van der Waals surface area contributed by atoms with Crippen LogP contribution in [0.25, 0.3) is 0 Å². The molecular formula is C12H19N3O4. The molecule has 19 heavy (non-hydrogen) atoms. The third-order valence-electron chi connectivity index (χ3n) is 3.05. The highest BCUT2D eigenvalue weighted by Gasteiger charge is 2.23. The maximum atomic E-state index is 11.9. The second-order valence-electron chi connectivity index (χ2n) is 4.73. The van der Waals surface area contributed by atoms with Crippen LogP contribution in [-0.4, -0.2) is 33.1 Å².